The molecule has 0 saturated carbocycles. The minimum atomic E-state index is -0.218. The van der Waals surface area contributed by atoms with Crippen LogP contribution in [0.2, 0.25) is 5.02 Å². The molecule has 104 valence electrons. The van der Waals surface area contributed by atoms with Crippen LogP contribution in [0.1, 0.15) is 15.2 Å². The Bertz CT molecular complexity index is 652. The van der Waals surface area contributed by atoms with Crippen molar-refractivity contribution in [3.63, 3.8) is 0 Å². The van der Waals surface area contributed by atoms with Crippen molar-refractivity contribution < 1.29 is 4.79 Å². The molecule has 4 N–H and O–H groups in total. The van der Waals surface area contributed by atoms with Crippen LogP contribution in [0.25, 0.3) is 0 Å². The maximum absolute atomic E-state index is 12.1. The summed E-state index contributed by atoms with van der Waals surface area (Å²) < 4.78 is 0.914. The topological polar surface area (TPSA) is 79.0 Å². The average molecular weight is 326 g/mol. The first-order valence-corrected chi connectivity index (χ1v) is 8.02. The monoisotopic (exact) mass is 325 g/mol. The fraction of sp³-hybridized carbons (Fsp3) is 0.0769. The summed E-state index contributed by atoms with van der Waals surface area (Å²) in [5.41, 5.74) is 6.67. The summed E-state index contributed by atoms with van der Waals surface area (Å²) in [5.74, 6) is -0.220. The summed E-state index contributed by atoms with van der Waals surface area (Å²) >= 11 is 8.68. The van der Waals surface area contributed by atoms with E-state index in [0.717, 1.165) is 4.21 Å². The molecule has 2 rings (SSSR count). The van der Waals surface area contributed by atoms with Crippen molar-refractivity contribution in [1.29, 1.82) is 5.41 Å². The average Bonchev–Trinajstić information content (AvgIpc) is 2.82. The fourth-order valence-electron chi connectivity index (χ4n) is 1.54. The molecule has 0 unspecified atom stereocenters. The van der Waals surface area contributed by atoms with E-state index >= 15 is 0 Å². The maximum atomic E-state index is 12.1. The number of thioether (sulfide) groups is 1. The third-order valence-corrected chi connectivity index (χ3v) is 5.06. The zero-order valence-corrected chi connectivity index (χ0v) is 13.0. The number of nitrogen functional groups attached to an aromatic ring is 1. The van der Waals surface area contributed by atoms with Gasteiger partial charge in [-0.3, -0.25) is 10.2 Å². The standard InChI is InChI=1S/C13H12ClN3OS2/c1-19-13-9(6-10(20-13)11(15)16)17-12(18)7-2-4-8(14)5-3-7/h2-6H,1H3,(H3,15,16)(H,17,18). The molecule has 1 amide bonds. The van der Waals surface area contributed by atoms with Gasteiger partial charge in [0.1, 0.15) is 5.84 Å². The summed E-state index contributed by atoms with van der Waals surface area (Å²) in [6.45, 7) is 0. The Balaban J connectivity index is 2.22. The molecule has 0 aliphatic heterocycles. The molecular weight excluding hydrogens is 314 g/mol. The first-order chi connectivity index (χ1) is 9.51. The number of amides is 1. The predicted molar refractivity (Wildman–Crippen MR) is 86.5 cm³/mol. The van der Waals surface area contributed by atoms with Gasteiger partial charge in [-0.2, -0.15) is 0 Å². The lowest BCUT2D eigenvalue weighted by atomic mass is 10.2. The smallest absolute Gasteiger partial charge is 0.255 e. The first-order valence-electron chi connectivity index (χ1n) is 5.60. The van der Waals surface area contributed by atoms with Crippen LogP contribution in [0, 0.1) is 5.41 Å². The quantitative estimate of drug-likeness (QED) is 0.456. The lowest BCUT2D eigenvalue weighted by Crippen LogP contribution is -2.12. The van der Waals surface area contributed by atoms with Gasteiger partial charge in [-0.25, -0.2) is 0 Å². The molecule has 0 spiro atoms. The zero-order chi connectivity index (χ0) is 14.7. The van der Waals surface area contributed by atoms with E-state index < -0.39 is 0 Å². The maximum Gasteiger partial charge on any atom is 0.255 e. The molecule has 0 fully saturated rings. The van der Waals surface area contributed by atoms with E-state index in [4.69, 9.17) is 22.7 Å². The third-order valence-electron chi connectivity index (χ3n) is 2.50. The molecule has 0 saturated heterocycles. The van der Waals surface area contributed by atoms with E-state index in [1.54, 1.807) is 30.3 Å². The Labute approximate surface area is 129 Å². The van der Waals surface area contributed by atoms with E-state index in [2.05, 4.69) is 5.32 Å². The Hall–Kier alpha value is -1.50. The molecule has 0 aliphatic carbocycles. The van der Waals surface area contributed by atoms with Gasteiger partial charge in [-0.15, -0.1) is 23.1 Å². The second-order valence-electron chi connectivity index (χ2n) is 3.89. The Morgan fingerprint density at radius 3 is 2.60 bits per heavy atom. The predicted octanol–water partition coefficient (Wildman–Crippen LogP) is 3.66. The highest BCUT2D eigenvalue weighted by Gasteiger charge is 2.13. The number of thiophene rings is 1. The number of hydrogen-bond donors (Lipinski definition) is 3. The van der Waals surface area contributed by atoms with Crippen molar-refractivity contribution >= 4 is 52.1 Å². The molecule has 1 aromatic carbocycles. The molecule has 1 heterocycles. The van der Waals surface area contributed by atoms with Crippen LogP contribution in [0.4, 0.5) is 5.69 Å². The van der Waals surface area contributed by atoms with Crippen LogP contribution in [0.15, 0.2) is 34.5 Å². The number of nitrogens with one attached hydrogen (secondary N) is 2. The highest BCUT2D eigenvalue weighted by Crippen LogP contribution is 2.34. The van der Waals surface area contributed by atoms with Crippen molar-refractivity contribution in [2.24, 2.45) is 5.73 Å². The minimum Gasteiger partial charge on any atom is -0.383 e. The normalized spacial score (nSPS) is 10.3. The number of amidine groups is 1. The van der Waals surface area contributed by atoms with Gasteiger partial charge in [0, 0.05) is 10.6 Å². The van der Waals surface area contributed by atoms with E-state index in [1.165, 1.54) is 23.1 Å². The third kappa shape index (κ3) is 3.33. The molecule has 20 heavy (non-hydrogen) atoms. The second kappa shape index (κ2) is 6.30. The van der Waals surface area contributed by atoms with Crippen molar-refractivity contribution in [2.75, 3.05) is 11.6 Å². The van der Waals surface area contributed by atoms with Gasteiger partial charge >= 0.3 is 0 Å². The van der Waals surface area contributed by atoms with Crippen LogP contribution in [0.5, 0.6) is 0 Å². The number of halogens is 1. The van der Waals surface area contributed by atoms with E-state index in [0.29, 0.717) is 21.2 Å². The highest BCUT2D eigenvalue weighted by atomic mass is 35.5. The van der Waals surface area contributed by atoms with E-state index in [-0.39, 0.29) is 11.7 Å². The lowest BCUT2D eigenvalue weighted by molar-refractivity contribution is 0.102. The highest BCUT2D eigenvalue weighted by molar-refractivity contribution is 8.00. The molecule has 1 aromatic heterocycles. The summed E-state index contributed by atoms with van der Waals surface area (Å²) in [6.07, 6.45) is 1.91. The Kier molecular flexibility index (Phi) is 4.69. The summed E-state index contributed by atoms with van der Waals surface area (Å²) in [5, 5.41) is 10.9. The molecule has 0 bridgehead atoms. The number of rotatable bonds is 4. The fourth-order valence-corrected chi connectivity index (χ4v) is 3.31. The van der Waals surface area contributed by atoms with Gasteiger partial charge in [0.25, 0.3) is 5.91 Å². The van der Waals surface area contributed by atoms with Crippen LogP contribution in [-0.2, 0) is 0 Å². The molecule has 4 nitrogen and oxygen atoms in total. The number of carbonyl (C=O) groups excluding carboxylic acids is 1. The summed E-state index contributed by atoms with van der Waals surface area (Å²) in [4.78, 5) is 12.8. The summed E-state index contributed by atoms with van der Waals surface area (Å²) in [6, 6.07) is 8.37. The van der Waals surface area contributed by atoms with Crippen LogP contribution < -0.4 is 11.1 Å². The molecule has 0 aliphatic rings. The first kappa shape index (κ1) is 14.9. The number of hydrogen-bond acceptors (Lipinski definition) is 4. The number of benzene rings is 1. The SMILES string of the molecule is CSc1sc(C(=N)N)cc1NC(=O)c1ccc(Cl)cc1. The largest absolute Gasteiger partial charge is 0.383 e. The summed E-state index contributed by atoms with van der Waals surface area (Å²) in [7, 11) is 0. The van der Waals surface area contributed by atoms with Gasteiger partial charge in [-0.05, 0) is 36.6 Å². The van der Waals surface area contributed by atoms with Gasteiger partial charge in [0.15, 0.2) is 0 Å². The molecule has 2 aromatic rings. The van der Waals surface area contributed by atoms with Crippen molar-refractivity contribution in [3.05, 3.63) is 45.8 Å². The van der Waals surface area contributed by atoms with Gasteiger partial charge < -0.3 is 11.1 Å². The van der Waals surface area contributed by atoms with E-state index in [1.807, 2.05) is 6.26 Å². The Morgan fingerprint density at radius 2 is 2.05 bits per heavy atom. The zero-order valence-electron chi connectivity index (χ0n) is 10.6. The Morgan fingerprint density at radius 1 is 1.40 bits per heavy atom. The number of anilines is 1. The van der Waals surface area contributed by atoms with E-state index in [9.17, 15) is 4.79 Å². The van der Waals surface area contributed by atoms with Crippen LogP contribution >= 0.6 is 34.7 Å². The molecule has 7 heteroatoms. The lowest BCUT2D eigenvalue weighted by Gasteiger charge is -2.05. The van der Waals surface area contributed by atoms with Crippen molar-refractivity contribution in [1.82, 2.24) is 0 Å². The van der Waals surface area contributed by atoms with Crippen LogP contribution in [-0.4, -0.2) is 18.0 Å². The van der Waals surface area contributed by atoms with Gasteiger partial charge in [0.05, 0.1) is 14.8 Å². The minimum absolute atomic E-state index is 0.00251. The second-order valence-corrected chi connectivity index (χ2v) is 6.45. The number of nitrogens with two attached hydrogens (primary N) is 1. The van der Waals surface area contributed by atoms with Crippen molar-refractivity contribution in [3.8, 4) is 0 Å². The van der Waals surface area contributed by atoms with Crippen molar-refractivity contribution in [2.45, 2.75) is 4.21 Å². The molecular formula is C13H12ClN3OS2. The van der Waals surface area contributed by atoms with Crippen LogP contribution in [0.3, 0.4) is 0 Å². The molecule has 0 radical (unpaired) electrons. The van der Waals surface area contributed by atoms with Gasteiger partial charge in [0.2, 0.25) is 0 Å². The molecule has 0 atom stereocenters. The number of carbonyl (C=O) groups is 1. The van der Waals surface area contributed by atoms with Gasteiger partial charge in [-0.1, -0.05) is 11.6 Å².